The molecule has 3 aromatic rings. The van der Waals surface area contributed by atoms with Gasteiger partial charge in [0.2, 0.25) is 15.0 Å². The smallest absolute Gasteiger partial charge is 0.207 e. The van der Waals surface area contributed by atoms with E-state index in [1.54, 1.807) is 16.6 Å². The molecule has 2 aliphatic carbocycles. The maximum Gasteiger partial charge on any atom is 0.240 e. The zero-order valence-electron chi connectivity index (χ0n) is 13.5. The van der Waals surface area contributed by atoms with E-state index >= 15 is 0 Å². The number of nitrogens with one attached hydrogen (secondary N) is 1. The van der Waals surface area contributed by atoms with Gasteiger partial charge in [0, 0.05) is 5.92 Å². The normalized spacial score (nSPS) is 17.3. The Morgan fingerprint density at radius 2 is 2.04 bits per heavy atom. The molecule has 2 heterocycles. The van der Waals surface area contributed by atoms with Gasteiger partial charge in [-0.05, 0) is 55.4 Å². The van der Waals surface area contributed by atoms with Crippen molar-refractivity contribution in [1.82, 2.24) is 24.5 Å². The number of nitrogens with zero attached hydrogens (tertiary/aromatic N) is 4. The van der Waals surface area contributed by atoms with E-state index in [0.29, 0.717) is 20.8 Å². The highest BCUT2D eigenvalue weighted by atomic mass is 32.2. The van der Waals surface area contributed by atoms with Gasteiger partial charge in [-0.15, -0.1) is 10.2 Å². The third-order valence-corrected chi connectivity index (χ3v) is 7.09. The van der Waals surface area contributed by atoms with E-state index in [0.717, 1.165) is 43.5 Å². The van der Waals surface area contributed by atoms with Crippen LogP contribution in [0.2, 0.25) is 0 Å². The minimum atomic E-state index is -3.54. The van der Waals surface area contributed by atoms with E-state index in [-0.39, 0.29) is 6.54 Å². The van der Waals surface area contributed by atoms with Gasteiger partial charge in [0.05, 0.1) is 11.4 Å². The highest BCUT2D eigenvalue weighted by molar-refractivity contribution is 7.89. The molecule has 2 aromatic heterocycles. The van der Waals surface area contributed by atoms with Crippen LogP contribution in [0.25, 0.3) is 4.96 Å². The van der Waals surface area contributed by atoms with Crippen LogP contribution in [0, 0.1) is 0 Å². The summed E-state index contributed by atoms with van der Waals surface area (Å²) < 4.78 is 29.6. The Bertz CT molecular complexity index is 1070. The molecule has 0 aliphatic heterocycles. The van der Waals surface area contributed by atoms with Crippen LogP contribution in [-0.4, -0.2) is 28.2 Å². The van der Waals surface area contributed by atoms with Crippen molar-refractivity contribution in [2.24, 2.45) is 0 Å². The zero-order chi connectivity index (χ0) is 17.0. The van der Waals surface area contributed by atoms with Gasteiger partial charge in [-0.25, -0.2) is 13.1 Å². The Morgan fingerprint density at radius 3 is 2.88 bits per heavy atom. The molecule has 0 saturated heterocycles. The molecule has 1 fully saturated rings. The second-order valence-electron chi connectivity index (χ2n) is 6.63. The molecular formula is C16H17N5O2S2. The summed E-state index contributed by atoms with van der Waals surface area (Å²) in [6.45, 7) is 0.164. The molecule has 25 heavy (non-hydrogen) atoms. The van der Waals surface area contributed by atoms with E-state index in [2.05, 4.69) is 20.0 Å². The fourth-order valence-corrected chi connectivity index (χ4v) is 5.20. The van der Waals surface area contributed by atoms with Crippen LogP contribution < -0.4 is 4.72 Å². The van der Waals surface area contributed by atoms with Crippen LogP contribution in [0.5, 0.6) is 0 Å². The first-order valence-corrected chi connectivity index (χ1v) is 10.7. The number of fused-ring (bicyclic) bond motifs is 2. The lowest BCUT2D eigenvalue weighted by Crippen LogP contribution is -2.23. The van der Waals surface area contributed by atoms with Crippen LogP contribution in [0.3, 0.4) is 0 Å². The molecular weight excluding hydrogens is 358 g/mol. The molecule has 0 unspecified atom stereocenters. The SMILES string of the molecule is O=S(=O)(NCc1nn2c(C3CC3)nnc2s1)c1ccc2c(c1)CCC2. The predicted octanol–water partition coefficient (Wildman–Crippen LogP) is 2.03. The molecule has 7 nitrogen and oxygen atoms in total. The van der Waals surface area contributed by atoms with Crippen LogP contribution in [0.1, 0.15) is 47.1 Å². The Morgan fingerprint density at radius 1 is 1.20 bits per heavy atom. The van der Waals surface area contributed by atoms with Crippen molar-refractivity contribution < 1.29 is 8.42 Å². The molecule has 1 saturated carbocycles. The largest absolute Gasteiger partial charge is 0.240 e. The molecule has 0 amide bonds. The molecule has 130 valence electrons. The average Bonchev–Trinajstić information content (AvgIpc) is 3.04. The van der Waals surface area contributed by atoms with Gasteiger partial charge >= 0.3 is 0 Å². The van der Waals surface area contributed by atoms with Gasteiger partial charge in [0.1, 0.15) is 5.01 Å². The highest BCUT2D eigenvalue weighted by Gasteiger charge is 2.30. The fourth-order valence-electron chi connectivity index (χ4n) is 3.29. The minimum absolute atomic E-state index is 0.164. The summed E-state index contributed by atoms with van der Waals surface area (Å²) in [5, 5.41) is 13.5. The van der Waals surface area contributed by atoms with Crippen molar-refractivity contribution in [3.8, 4) is 0 Å². The third kappa shape index (κ3) is 2.76. The van der Waals surface area contributed by atoms with Crippen LogP contribution >= 0.6 is 11.3 Å². The first-order valence-electron chi connectivity index (χ1n) is 8.43. The van der Waals surface area contributed by atoms with Crippen molar-refractivity contribution in [2.75, 3.05) is 0 Å². The van der Waals surface area contributed by atoms with Gasteiger partial charge in [0.15, 0.2) is 5.82 Å². The number of aryl methyl sites for hydroxylation is 2. The maximum absolute atomic E-state index is 12.6. The van der Waals surface area contributed by atoms with Crippen molar-refractivity contribution in [3.05, 3.63) is 40.2 Å². The number of hydrogen-bond donors (Lipinski definition) is 1. The molecule has 0 spiro atoms. The summed E-state index contributed by atoms with van der Waals surface area (Å²) in [6.07, 6.45) is 5.35. The zero-order valence-corrected chi connectivity index (χ0v) is 15.1. The number of hydrogen-bond acceptors (Lipinski definition) is 6. The monoisotopic (exact) mass is 375 g/mol. The molecule has 0 bridgehead atoms. The van der Waals surface area contributed by atoms with Gasteiger partial charge in [0.25, 0.3) is 0 Å². The number of aromatic nitrogens is 4. The molecule has 1 aromatic carbocycles. The lowest BCUT2D eigenvalue weighted by atomic mass is 10.1. The first-order chi connectivity index (χ1) is 12.1. The van der Waals surface area contributed by atoms with E-state index < -0.39 is 10.0 Å². The molecule has 9 heteroatoms. The third-order valence-electron chi connectivity index (χ3n) is 4.79. The Labute approximate surface area is 149 Å². The second kappa shape index (κ2) is 5.58. The second-order valence-corrected chi connectivity index (χ2v) is 9.44. The first kappa shape index (κ1) is 15.4. The fraction of sp³-hybridized carbons (Fsp3) is 0.438. The Hall–Kier alpha value is -1.84. The lowest BCUT2D eigenvalue weighted by molar-refractivity contribution is 0.580. The van der Waals surface area contributed by atoms with Crippen LogP contribution in [0.4, 0.5) is 0 Å². The predicted molar refractivity (Wildman–Crippen MR) is 93.1 cm³/mol. The number of rotatable bonds is 5. The summed E-state index contributed by atoms with van der Waals surface area (Å²) in [4.78, 5) is 1.04. The summed E-state index contributed by atoms with van der Waals surface area (Å²) >= 11 is 1.37. The van der Waals surface area contributed by atoms with Gasteiger partial charge in [-0.3, -0.25) is 0 Å². The average molecular weight is 375 g/mol. The summed E-state index contributed by atoms with van der Waals surface area (Å²) in [7, 11) is -3.54. The topological polar surface area (TPSA) is 89.2 Å². The van der Waals surface area contributed by atoms with Gasteiger partial charge in [-0.2, -0.15) is 9.61 Å². The number of benzene rings is 1. The summed E-state index contributed by atoms with van der Waals surface area (Å²) in [5.74, 6) is 1.34. The molecule has 2 aliphatic rings. The standard InChI is InChI=1S/C16H17N5O2S2/c22-25(23,13-7-6-10-2-1-3-12(10)8-13)17-9-14-20-21-15(11-4-5-11)18-19-16(21)24-14/h6-8,11,17H,1-5,9H2. The van der Waals surface area contributed by atoms with Crippen LogP contribution in [0.15, 0.2) is 23.1 Å². The van der Waals surface area contributed by atoms with Crippen molar-refractivity contribution in [1.29, 1.82) is 0 Å². The summed E-state index contributed by atoms with van der Waals surface area (Å²) in [5.41, 5.74) is 2.41. The van der Waals surface area contributed by atoms with Gasteiger partial charge < -0.3 is 0 Å². The van der Waals surface area contributed by atoms with E-state index in [9.17, 15) is 8.42 Å². The van der Waals surface area contributed by atoms with E-state index in [4.69, 9.17) is 0 Å². The minimum Gasteiger partial charge on any atom is -0.207 e. The maximum atomic E-state index is 12.6. The number of sulfonamides is 1. The molecule has 1 N–H and O–H groups in total. The Balaban J connectivity index is 1.36. The Kier molecular flexibility index (Phi) is 3.44. The van der Waals surface area contributed by atoms with E-state index in [1.807, 2.05) is 6.07 Å². The molecule has 0 radical (unpaired) electrons. The van der Waals surface area contributed by atoms with Crippen molar-refractivity contribution in [3.63, 3.8) is 0 Å². The summed E-state index contributed by atoms with van der Waals surface area (Å²) in [6, 6.07) is 5.42. The molecule has 0 atom stereocenters. The lowest BCUT2D eigenvalue weighted by Gasteiger charge is -2.07. The van der Waals surface area contributed by atoms with E-state index in [1.165, 1.54) is 16.9 Å². The molecule has 5 rings (SSSR count). The van der Waals surface area contributed by atoms with Gasteiger partial charge in [-0.1, -0.05) is 17.4 Å². The highest BCUT2D eigenvalue weighted by Crippen LogP contribution is 2.39. The van der Waals surface area contributed by atoms with Crippen LogP contribution in [-0.2, 0) is 29.4 Å². The van der Waals surface area contributed by atoms with Crippen molar-refractivity contribution >= 4 is 26.3 Å². The van der Waals surface area contributed by atoms with Crippen molar-refractivity contribution in [2.45, 2.75) is 49.5 Å². The quantitative estimate of drug-likeness (QED) is 0.737.